The standard InChI is InChI=1S/C18H16BrClO5/c1-2-3-8-24-15-6-4-11(19)9-14(15)18(23)25-16-7-5-12(20)10-13(16)17(21)22/h4-7,9-10H,2-3,8H2,1H3,(H,21,22). The molecule has 0 amide bonds. The first kappa shape index (κ1) is 19.3. The van der Waals surface area contributed by atoms with E-state index in [9.17, 15) is 14.7 Å². The summed E-state index contributed by atoms with van der Waals surface area (Å²) < 4.78 is 11.6. The fraction of sp³-hybridized carbons (Fsp3) is 0.222. The van der Waals surface area contributed by atoms with Crippen LogP contribution in [0.1, 0.15) is 40.5 Å². The number of carbonyl (C=O) groups is 2. The number of carboxylic acids is 1. The zero-order chi connectivity index (χ0) is 18.4. The van der Waals surface area contributed by atoms with E-state index in [2.05, 4.69) is 15.9 Å². The molecule has 0 atom stereocenters. The van der Waals surface area contributed by atoms with Gasteiger partial charge >= 0.3 is 11.9 Å². The summed E-state index contributed by atoms with van der Waals surface area (Å²) in [5.74, 6) is -1.65. The summed E-state index contributed by atoms with van der Waals surface area (Å²) in [4.78, 5) is 23.8. The van der Waals surface area contributed by atoms with Gasteiger partial charge in [0.2, 0.25) is 0 Å². The summed E-state index contributed by atoms with van der Waals surface area (Å²) in [6, 6.07) is 9.01. The van der Waals surface area contributed by atoms with E-state index in [1.165, 1.54) is 18.2 Å². The molecule has 0 fully saturated rings. The summed E-state index contributed by atoms with van der Waals surface area (Å²) in [7, 11) is 0. The predicted molar refractivity (Wildman–Crippen MR) is 97.9 cm³/mol. The molecule has 0 radical (unpaired) electrons. The van der Waals surface area contributed by atoms with Gasteiger partial charge in [0, 0.05) is 9.50 Å². The molecule has 25 heavy (non-hydrogen) atoms. The van der Waals surface area contributed by atoms with Gasteiger partial charge in [0.25, 0.3) is 0 Å². The molecule has 0 aliphatic rings. The third kappa shape index (κ3) is 5.21. The number of esters is 1. The zero-order valence-electron chi connectivity index (χ0n) is 13.4. The lowest BCUT2D eigenvalue weighted by atomic mass is 10.2. The number of hydrogen-bond acceptors (Lipinski definition) is 4. The van der Waals surface area contributed by atoms with Crippen LogP contribution in [-0.2, 0) is 0 Å². The maximum atomic E-state index is 12.5. The molecule has 0 aromatic heterocycles. The zero-order valence-corrected chi connectivity index (χ0v) is 15.8. The van der Waals surface area contributed by atoms with E-state index in [4.69, 9.17) is 21.1 Å². The highest BCUT2D eigenvalue weighted by molar-refractivity contribution is 9.10. The predicted octanol–water partition coefficient (Wildman–Crippen LogP) is 5.20. The van der Waals surface area contributed by atoms with Gasteiger partial charge in [-0.1, -0.05) is 40.9 Å². The SMILES string of the molecule is CCCCOc1ccc(Br)cc1C(=O)Oc1ccc(Cl)cc1C(=O)O. The fourth-order valence-electron chi connectivity index (χ4n) is 2.03. The Morgan fingerprint density at radius 3 is 2.52 bits per heavy atom. The molecule has 2 rings (SSSR count). The second kappa shape index (κ2) is 8.87. The van der Waals surface area contributed by atoms with Crippen LogP contribution in [0.5, 0.6) is 11.5 Å². The molecule has 0 saturated carbocycles. The number of carboxylic acid groups (broad SMARTS) is 1. The van der Waals surface area contributed by atoms with Gasteiger partial charge in [0.05, 0.1) is 6.61 Å². The summed E-state index contributed by atoms with van der Waals surface area (Å²) in [5, 5.41) is 9.47. The van der Waals surface area contributed by atoms with Crippen molar-refractivity contribution in [2.75, 3.05) is 6.61 Å². The molecular formula is C18H16BrClO5. The lowest BCUT2D eigenvalue weighted by Gasteiger charge is -2.12. The Morgan fingerprint density at radius 1 is 1.12 bits per heavy atom. The maximum absolute atomic E-state index is 12.5. The largest absolute Gasteiger partial charge is 0.493 e. The van der Waals surface area contributed by atoms with Crippen LogP contribution in [-0.4, -0.2) is 23.7 Å². The van der Waals surface area contributed by atoms with Crippen molar-refractivity contribution in [3.8, 4) is 11.5 Å². The molecule has 0 aliphatic carbocycles. The molecule has 0 bridgehead atoms. The van der Waals surface area contributed by atoms with Crippen molar-refractivity contribution >= 4 is 39.5 Å². The smallest absolute Gasteiger partial charge is 0.347 e. The van der Waals surface area contributed by atoms with E-state index in [1.807, 2.05) is 6.92 Å². The maximum Gasteiger partial charge on any atom is 0.347 e. The molecular weight excluding hydrogens is 412 g/mol. The van der Waals surface area contributed by atoms with Crippen molar-refractivity contribution in [3.05, 3.63) is 57.0 Å². The van der Waals surface area contributed by atoms with Gasteiger partial charge in [-0.25, -0.2) is 9.59 Å². The lowest BCUT2D eigenvalue weighted by Crippen LogP contribution is -2.13. The molecule has 0 heterocycles. The average Bonchev–Trinajstić information content (AvgIpc) is 2.57. The van der Waals surface area contributed by atoms with Gasteiger partial charge in [-0.15, -0.1) is 0 Å². The average molecular weight is 428 g/mol. The first-order chi connectivity index (χ1) is 11.9. The quantitative estimate of drug-likeness (QED) is 0.373. The lowest BCUT2D eigenvalue weighted by molar-refractivity contribution is 0.0680. The molecule has 0 spiro atoms. The summed E-state index contributed by atoms with van der Waals surface area (Å²) in [6.45, 7) is 2.51. The molecule has 0 saturated heterocycles. The normalized spacial score (nSPS) is 10.4. The van der Waals surface area contributed by atoms with Crippen molar-refractivity contribution < 1.29 is 24.2 Å². The highest BCUT2D eigenvalue weighted by atomic mass is 79.9. The molecule has 0 aliphatic heterocycles. The number of carbonyl (C=O) groups excluding carboxylic acids is 1. The van der Waals surface area contributed by atoms with Crippen molar-refractivity contribution in [1.82, 2.24) is 0 Å². The third-order valence-corrected chi connectivity index (χ3v) is 4.02. The molecule has 1 N–H and O–H groups in total. The highest BCUT2D eigenvalue weighted by Gasteiger charge is 2.20. The van der Waals surface area contributed by atoms with E-state index in [0.29, 0.717) is 16.8 Å². The van der Waals surface area contributed by atoms with Crippen LogP contribution in [0.2, 0.25) is 5.02 Å². The second-order valence-corrected chi connectivity index (χ2v) is 6.53. The minimum Gasteiger partial charge on any atom is -0.493 e. The van der Waals surface area contributed by atoms with Crippen LogP contribution in [0.25, 0.3) is 0 Å². The Balaban J connectivity index is 2.29. The number of unbranched alkanes of at least 4 members (excludes halogenated alkanes) is 1. The van der Waals surface area contributed by atoms with Gasteiger partial charge in [-0.2, -0.15) is 0 Å². The molecule has 0 unspecified atom stereocenters. The van der Waals surface area contributed by atoms with Gasteiger partial charge in [-0.3, -0.25) is 0 Å². The van der Waals surface area contributed by atoms with E-state index < -0.39 is 11.9 Å². The van der Waals surface area contributed by atoms with Gasteiger partial charge in [-0.05, 0) is 42.8 Å². The Morgan fingerprint density at radius 2 is 1.84 bits per heavy atom. The van der Waals surface area contributed by atoms with E-state index in [0.717, 1.165) is 12.8 Å². The van der Waals surface area contributed by atoms with Crippen LogP contribution in [0, 0.1) is 0 Å². The number of hydrogen-bond donors (Lipinski definition) is 1. The monoisotopic (exact) mass is 426 g/mol. The van der Waals surface area contributed by atoms with Crippen LogP contribution >= 0.6 is 27.5 Å². The molecule has 7 heteroatoms. The Hall–Kier alpha value is -2.05. The Kier molecular flexibility index (Phi) is 6.84. The first-order valence-electron chi connectivity index (χ1n) is 7.59. The number of halogens is 2. The Bertz CT molecular complexity index is 791. The third-order valence-electron chi connectivity index (χ3n) is 3.29. The van der Waals surface area contributed by atoms with Gasteiger partial charge in [0.15, 0.2) is 0 Å². The summed E-state index contributed by atoms with van der Waals surface area (Å²) >= 11 is 9.11. The molecule has 132 valence electrons. The fourth-order valence-corrected chi connectivity index (χ4v) is 2.56. The van der Waals surface area contributed by atoms with Gasteiger partial charge < -0.3 is 14.6 Å². The second-order valence-electron chi connectivity index (χ2n) is 5.18. The van der Waals surface area contributed by atoms with Crippen LogP contribution < -0.4 is 9.47 Å². The van der Waals surface area contributed by atoms with E-state index in [-0.39, 0.29) is 21.9 Å². The van der Waals surface area contributed by atoms with E-state index in [1.54, 1.807) is 18.2 Å². The first-order valence-corrected chi connectivity index (χ1v) is 8.77. The van der Waals surface area contributed by atoms with Crippen molar-refractivity contribution in [2.45, 2.75) is 19.8 Å². The molecule has 2 aromatic carbocycles. The van der Waals surface area contributed by atoms with Crippen molar-refractivity contribution in [2.24, 2.45) is 0 Å². The van der Waals surface area contributed by atoms with Crippen molar-refractivity contribution in [3.63, 3.8) is 0 Å². The topological polar surface area (TPSA) is 72.8 Å². The number of benzene rings is 2. The minimum atomic E-state index is -1.24. The number of ether oxygens (including phenoxy) is 2. The number of rotatable bonds is 7. The number of aromatic carboxylic acids is 1. The summed E-state index contributed by atoms with van der Waals surface area (Å²) in [6.07, 6.45) is 1.81. The highest BCUT2D eigenvalue weighted by Crippen LogP contribution is 2.28. The van der Waals surface area contributed by atoms with Crippen LogP contribution in [0.15, 0.2) is 40.9 Å². The summed E-state index contributed by atoms with van der Waals surface area (Å²) in [5.41, 5.74) is 0.0149. The Labute approximate surface area is 158 Å². The van der Waals surface area contributed by atoms with E-state index >= 15 is 0 Å². The van der Waals surface area contributed by atoms with Crippen molar-refractivity contribution in [1.29, 1.82) is 0 Å². The minimum absolute atomic E-state index is 0.0821. The molecule has 5 nitrogen and oxygen atoms in total. The van der Waals surface area contributed by atoms with Crippen LogP contribution in [0.3, 0.4) is 0 Å². The van der Waals surface area contributed by atoms with Gasteiger partial charge in [0.1, 0.15) is 22.6 Å². The van der Waals surface area contributed by atoms with Crippen LogP contribution in [0.4, 0.5) is 0 Å². The molecule has 2 aromatic rings.